The molecule has 0 aliphatic heterocycles. The van der Waals surface area contributed by atoms with Crippen LogP contribution < -0.4 is 5.32 Å². The van der Waals surface area contributed by atoms with Crippen molar-refractivity contribution in [3.05, 3.63) is 34.5 Å². The lowest BCUT2D eigenvalue weighted by molar-refractivity contribution is -0.137. The van der Waals surface area contributed by atoms with Crippen LogP contribution in [0.15, 0.2) is 23.1 Å². The molecule has 0 radical (unpaired) electrons. The first-order valence-electron chi connectivity index (χ1n) is 5.22. The summed E-state index contributed by atoms with van der Waals surface area (Å²) in [4.78, 5) is 7.63. The van der Waals surface area contributed by atoms with Gasteiger partial charge in [-0.05, 0) is 28.9 Å². The molecule has 0 bridgehead atoms. The normalized spacial score (nSPS) is 13.3. The molecule has 0 aliphatic carbocycles. The van der Waals surface area contributed by atoms with E-state index in [0.29, 0.717) is 5.82 Å². The Balaban J connectivity index is 2.30. The van der Waals surface area contributed by atoms with Gasteiger partial charge in [0, 0.05) is 10.7 Å². The van der Waals surface area contributed by atoms with E-state index in [2.05, 4.69) is 41.4 Å². The molecule has 19 heavy (non-hydrogen) atoms. The summed E-state index contributed by atoms with van der Waals surface area (Å²) < 4.78 is 38.9. The van der Waals surface area contributed by atoms with E-state index in [1.165, 1.54) is 12.5 Å². The Hall–Kier alpha value is -1.64. The molecule has 5 nitrogen and oxygen atoms in total. The number of halogens is 4. The summed E-state index contributed by atoms with van der Waals surface area (Å²) in [5.74, 6) is 0.178. The van der Waals surface area contributed by atoms with Gasteiger partial charge in [0.15, 0.2) is 0 Å². The molecule has 0 spiro atoms. The molecule has 0 saturated heterocycles. The zero-order chi connectivity index (χ0) is 14.0. The Kier molecular flexibility index (Phi) is 3.74. The second-order valence-corrected chi connectivity index (χ2v) is 4.70. The highest BCUT2D eigenvalue weighted by Crippen LogP contribution is 2.36. The number of nitrogens with zero attached hydrogens (tertiary/aromatic N) is 3. The van der Waals surface area contributed by atoms with Crippen LogP contribution in [0.3, 0.4) is 0 Å². The van der Waals surface area contributed by atoms with Crippen molar-refractivity contribution < 1.29 is 13.2 Å². The van der Waals surface area contributed by atoms with Crippen molar-refractivity contribution in [1.29, 1.82) is 0 Å². The van der Waals surface area contributed by atoms with Gasteiger partial charge in [0.25, 0.3) is 0 Å². The largest absolute Gasteiger partial charge is 0.419 e. The Labute approximate surface area is 114 Å². The van der Waals surface area contributed by atoms with E-state index >= 15 is 0 Å². The average Bonchev–Trinajstić information content (AvgIpc) is 2.83. The number of pyridine rings is 1. The minimum Gasteiger partial charge on any atom is -0.360 e. The van der Waals surface area contributed by atoms with Gasteiger partial charge in [0.1, 0.15) is 18.0 Å². The van der Waals surface area contributed by atoms with Crippen LogP contribution in [0.4, 0.5) is 19.0 Å². The van der Waals surface area contributed by atoms with Crippen LogP contribution in [0.5, 0.6) is 0 Å². The Morgan fingerprint density at radius 2 is 2.11 bits per heavy atom. The maximum atomic E-state index is 12.9. The number of aromatic nitrogens is 4. The number of aromatic amines is 1. The summed E-state index contributed by atoms with van der Waals surface area (Å²) in [5.41, 5.74) is -0.840. The predicted molar refractivity (Wildman–Crippen MR) is 65.4 cm³/mol. The lowest BCUT2D eigenvalue weighted by Crippen LogP contribution is -2.15. The molecule has 102 valence electrons. The lowest BCUT2D eigenvalue weighted by Gasteiger charge is -2.17. The van der Waals surface area contributed by atoms with Crippen molar-refractivity contribution in [2.24, 2.45) is 0 Å². The van der Waals surface area contributed by atoms with Gasteiger partial charge in [-0.15, -0.1) is 0 Å². The van der Waals surface area contributed by atoms with Crippen LogP contribution in [-0.2, 0) is 6.18 Å². The van der Waals surface area contributed by atoms with Gasteiger partial charge in [-0.2, -0.15) is 18.3 Å². The molecule has 1 atom stereocenters. The average molecular weight is 336 g/mol. The molecule has 1 unspecified atom stereocenters. The lowest BCUT2D eigenvalue weighted by atomic mass is 10.2. The van der Waals surface area contributed by atoms with E-state index in [9.17, 15) is 13.2 Å². The van der Waals surface area contributed by atoms with E-state index in [1.807, 2.05) is 0 Å². The van der Waals surface area contributed by atoms with Crippen molar-refractivity contribution >= 4 is 21.7 Å². The van der Waals surface area contributed by atoms with Crippen LogP contribution in [0, 0.1) is 0 Å². The Morgan fingerprint density at radius 3 is 2.68 bits per heavy atom. The molecule has 0 amide bonds. The number of rotatable bonds is 3. The van der Waals surface area contributed by atoms with E-state index in [0.717, 1.165) is 6.07 Å². The molecule has 2 rings (SSSR count). The third-order valence-electron chi connectivity index (χ3n) is 2.36. The molecule has 0 aliphatic rings. The fourth-order valence-electron chi connectivity index (χ4n) is 1.47. The number of nitrogens with one attached hydrogen (secondary N) is 2. The first-order valence-corrected chi connectivity index (χ1v) is 6.02. The molecule has 0 aromatic carbocycles. The molecule has 9 heteroatoms. The zero-order valence-corrected chi connectivity index (χ0v) is 11.2. The van der Waals surface area contributed by atoms with Crippen LogP contribution in [0.25, 0.3) is 0 Å². The smallest absolute Gasteiger partial charge is 0.360 e. The molecular formula is C10H9BrF3N5. The summed E-state index contributed by atoms with van der Waals surface area (Å²) in [7, 11) is 0. The van der Waals surface area contributed by atoms with Gasteiger partial charge in [-0.3, -0.25) is 5.10 Å². The van der Waals surface area contributed by atoms with E-state index in [1.54, 1.807) is 6.92 Å². The van der Waals surface area contributed by atoms with Gasteiger partial charge in [0.2, 0.25) is 0 Å². The van der Waals surface area contributed by atoms with Crippen molar-refractivity contribution in [2.45, 2.75) is 19.1 Å². The maximum Gasteiger partial charge on any atom is 0.419 e. The van der Waals surface area contributed by atoms with Gasteiger partial charge >= 0.3 is 6.18 Å². The second kappa shape index (κ2) is 5.16. The van der Waals surface area contributed by atoms with E-state index in [4.69, 9.17) is 0 Å². The first kappa shape index (κ1) is 13.8. The zero-order valence-electron chi connectivity index (χ0n) is 9.66. The van der Waals surface area contributed by atoms with Crippen LogP contribution in [0.1, 0.15) is 24.4 Å². The topological polar surface area (TPSA) is 66.5 Å². The third-order valence-corrected chi connectivity index (χ3v) is 2.79. The van der Waals surface area contributed by atoms with Gasteiger partial charge in [0.05, 0.1) is 11.6 Å². The summed E-state index contributed by atoms with van der Waals surface area (Å²) in [5, 5.41) is 8.89. The molecule has 2 aromatic heterocycles. The monoisotopic (exact) mass is 335 g/mol. The van der Waals surface area contributed by atoms with Crippen LogP contribution in [-0.4, -0.2) is 20.2 Å². The van der Waals surface area contributed by atoms with E-state index < -0.39 is 17.8 Å². The van der Waals surface area contributed by atoms with Crippen LogP contribution in [0.2, 0.25) is 0 Å². The fourth-order valence-corrected chi connectivity index (χ4v) is 1.80. The highest BCUT2D eigenvalue weighted by molar-refractivity contribution is 9.10. The van der Waals surface area contributed by atoms with Crippen LogP contribution >= 0.6 is 15.9 Å². The molecular weight excluding hydrogens is 327 g/mol. The van der Waals surface area contributed by atoms with Crippen molar-refractivity contribution in [3.8, 4) is 0 Å². The number of H-pyrrole nitrogens is 1. The first-order chi connectivity index (χ1) is 8.88. The van der Waals surface area contributed by atoms with Gasteiger partial charge in [-0.25, -0.2) is 9.97 Å². The molecule has 2 heterocycles. The Morgan fingerprint density at radius 1 is 1.37 bits per heavy atom. The second-order valence-electron chi connectivity index (χ2n) is 3.78. The standard InChI is InChI=1S/C10H9BrF3N5/c1-5(8-16-4-17-19-8)18-9-7(10(12,13)14)2-6(11)3-15-9/h2-5H,1H3,(H,15,18)(H,16,17,19). The predicted octanol–water partition coefficient (Wildman–Crippen LogP) is 3.15. The SMILES string of the molecule is CC(Nc1ncc(Br)cc1C(F)(F)F)c1ncn[nH]1. The van der Waals surface area contributed by atoms with Crippen molar-refractivity contribution in [3.63, 3.8) is 0 Å². The summed E-state index contributed by atoms with van der Waals surface area (Å²) in [6.45, 7) is 1.66. The molecule has 0 saturated carbocycles. The summed E-state index contributed by atoms with van der Waals surface area (Å²) in [6, 6.07) is 0.500. The quantitative estimate of drug-likeness (QED) is 0.904. The van der Waals surface area contributed by atoms with Crippen molar-refractivity contribution in [1.82, 2.24) is 20.2 Å². The minimum atomic E-state index is -4.49. The number of alkyl halides is 3. The molecule has 2 N–H and O–H groups in total. The minimum absolute atomic E-state index is 0.250. The third kappa shape index (κ3) is 3.22. The van der Waals surface area contributed by atoms with Crippen molar-refractivity contribution in [2.75, 3.05) is 5.32 Å². The number of hydrogen-bond donors (Lipinski definition) is 2. The summed E-state index contributed by atoms with van der Waals surface area (Å²) >= 11 is 2.97. The Bertz CT molecular complexity index is 555. The van der Waals surface area contributed by atoms with E-state index in [-0.39, 0.29) is 10.3 Å². The summed E-state index contributed by atoms with van der Waals surface area (Å²) in [6.07, 6.45) is -1.90. The van der Waals surface area contributed by atoms with Gasteiger partial charge < -0.3 is 5.32 Å². The molecule has 0 fully saturated rings. The fraction of sp³-hybridized carbons (Fsp3) is 0.300. The highest BCUT2D eigenvalue weighted by atomic mass is 79.9. The maximum absolute atomic E-state index is 12.9. The number of anilines is 1. The van der Waals surface area contributed by atoms with Gasteiger partial charge in [-0.1, -0.05) is 0 Å². The highest BCUT2D eigenvalue weighted by Gasteiger charge is 2.35. The number of hydrogen-bond acceptors (Lipinski definition) is 4. The molecule has 2 aromatic rings.